The smallest absolute Gasteiger partial charge is 0.333 e. The maximum absolute atomic E-state index is 13.2. The van der Waals surface area contributed by atoms with E-state index in [9.17, 15) is 4.79 Å². The minimum atomic E-state index is -0.684. The molecule has 4 bridgehead atoms. The first-order chi connectivity index (χ1) is 22.0. The monoisotopic (exact) mass is 646 g/mol. The Morgan fingerprint density at radius 3 is 1.11 bits per heavy atom. The summed E-state index contributed by atoms with van der Waals surface area (Å²) in [5.41, 5.74) is -0.671. The standard InChI is InChI=1S/C38H62O8/c1-6-32(24-40-25-32)12-9-15-43-35-18-36(44-16-10-13-33(7-2)26-41-27-33)20-37(19-35,45-17-11-14-34(8-3)28-42-29-34)23-38(21-35,22-36)46-31(39)30(4)5/h4,6-29H2,1-3,5H3. The molecule has 0 N–H and O–H groups in total. The van der Waals surface area contributed by atoms with Crippen LogP contribution in [-0.4, -0.2) is 87.8 Å². The largest absolute Gasteiger partial charge is 0.455 e. The molecule has 7 rings (SSSR count). The highest BCUT2D eigenvalue weighted by Crippen LogP contribution is 2.65. The average Bonchev–Trinajstić information content (AvgIpc) is 2.94. The van der Waals surface area contributed by atoms with Crippen LogP contribution in [0.15, 0.2) is 12.2 Å². The van der Waals surface area contributed by atoms with Gasteiger partial charge in [0.25, 0.3) is 0 Å². The lowest BCUT2D eigenvalue weighted by Crippen LogP contribution is -2.74. The van der Waals surface area contributed by atoms with Gasteiger partial charge in [-0.3, -0.25) is 0 Å². The molecule has 7 aliphatic rings. The molecule has 0 aromatic carbocycles. The number of esters is 1. The van der Waals surface area contributed by atoms with Gasteiger partial charge in [-0.15, -0.1) is 0 Å². The van der Waals surface area contributed by atoms with Crippen molar-refractivity contribution in [3.63, 3.8) is 0 Å². The van der Waals surface area contributed by atoms with Crippen molar-refractivity contribution in [2.24, 2.45) is 16.2 Å². The van der Waals surface area contributed by atoms with Gasteiger partial charge in [-0.2, -0.15) is 0 Å². The van der Waals surface area contributed by atoms with Crippen LogP contribution < -0.4 is 0 Å². The van der Waals surface area contributed by atoms with E-state index < -0.39 is 22.4 Å². The zero-order valence-corrected chi connectivity index (χ0v) is 29.4. The van der Waals surface area contributed by atoms with Gasteiger partial charge in [0.1, 0.15) is 5.60 Å². The molecular formula is C38H62O8. The lowest BCUT2D eigenvalue weighted by atomic mass is 9.48. The second-order valence-corrected chi connectivity index (χ2v) is 16.9. The third-order valence-electron chi connectivity index (χ3n) is 13.0. The Bertz CT molecular complexity index is 952. The highest BCUT2D eigenvalue weighted by molar-refractivity contribution is 5.87. The molecule has 0 aromatic heterocycles. The number of hydrogen-bond donors (Lipinski definition) is 0. The zero-order valence-electron chi connectivity index (χ0n) is 29.4. The van der Waals surface area contributed by atoms with Crippen molar-refractivity contribution in [2.45, 2.75) is 146 Å². The van der Waals surface area contributed by atoms with E-state index in [0.717, 1.165) is 117 Å². The Balaban J connectivity index is 1.20. The van der Waals surface area contributed by atoms with Crippen molar-refractivity contribution in [3.05, 3.63) is 12.2 Å². The van der Waals surface area contributed by atoms with E-state index in [0.29, 0.717) is 60.9 Å². The van der Waals surface area contributed by atoms with E-state index in [1.165, 1.54) is 0 Å². The molecule has 8 heteroatoms. The molecule has 8 nitrogen and oxygen atoms in total. The first kappa shape index (κ1) is 34.8. The van der Waals surface area contributed by atoms with E-state index in [1.807, 2.05) is 0 Å². The van der Waals surface area contributed by atoms with Crippen molar-refractivity contribution in [1.82, 2.24) is 0 Å². The van der Waals surface area contributed by atoms with Crippen molar-refractivity contribution in [1.29, 1.82) is 0 Å². The molecular weight excluding hydrogens is 584 g/mol. The van der Waals surface area contributed by atoms with Crippen LogP contribution >= 0.6 is 0 Å². The lowest BCUT2D eigenvalue weighted by Gasteiger charge is -2.68. The predicted molar refractivity (Wildman–Crippen MR) is 176 cm³/mol. The van der Waals surface area contributed by atoms with Crippen LogP contribution in [0.5, 0.6) is 0 Å². The summed E-state index contributed by atoms with van der Waals surface area (Å²) in [6, 6.07) is 0. The van der Waals surface area contributed by atoms with Crippen LogP contribution in [-0.2, 0) is 38.0 Å². The molecule has 0 amide bonds. The van der Waals surface area contributed by atoms with Gasteiger partial charge < -0.3 is 33.2 Å². The molecule has 7 fully saturated rings. The highest BCUT2D eigenvalue weighted by Gasteiger charge is 2.72. The number of rotatable bonds is 20. The second-order valence-electron chi connectivity index (χ2n) is 16.9. The van der Waals surface area contributed by atoms with Gasteiger partial charge in [0.2, 0.25) is 0 Å². The molecule has 262 valence electrons. The summed E-state index contributed by atoms with van der Waals surface area (Å²) < 4.78 is 44.3. The average molecular weight is 647 g/mol. The minimum absolute atomic E-state index is 0.306. The highest BCUT2D eigenvalue weighted by atomic mass is 16.6. The van der Waals surface area contributed by atoms with Crippen molar-refractivity contribution < 1.29 is 38.0 Å². The quantitative estimate of drug-likeness (QED) is 0.0787. The molecule has 4 saturated carbocycles. The molecule has 0 aromatic rings. The first-order valence-corrected chi connectivity index (χ1v) is 18.5. The van der Waals surface area contributed by atoms with Gasteiger partial charge in [-0.25, -0.2) is 4.79 Å². The van der Waals surface area contributed by atoms with E-state index in [-0.39, 0.29) is 5.97 Å². The zero-order chi connectivity index (χ0) is 32.6. The summed E-state index contributed by atoms with van der Waals surface area (Å²) in [6.45, 7) is 19.7. The molecule has 4 aliphatic carbocycles. The summed E-state index contributed by atoms with van der Waals surface area (Å²) >= 11 is 0. The van der Waals surface area contributed by atoms with E-state index in [2.05, 4.69) is 27.4 Å². The van der Waals surface area contributed by atoms with Gasteiger partial charge in [-0.1, -0.05) is 27.4 Å². The Labute approximate surface area is 277 Å². The Hall–Kier alpha value is -1.03. The van der Waals surface area contributed by atoms with Crippen LogP contribution in [0, 0.1) is 16.2 Å². The van der Waals surface area contributed by atoms with Gasteiger partial charge in [0.15, 0.2) is 0 Å². The second kappa shape index (κ2) is 13.4. The summed E-state index contributed by atoms with van der Waals surface area (Å²) in [5.74, 6) is -0.318. The van der Waals surface area contributed by atoms with Gasteiger partial charge in [-0.05, 0) is 64.7 Å². The molecule has 0 radical (unpaired) electrons. The molecule has 3 heterocycles. The third kappa shape index (κ3) is 7.00. The molecule has 0 unspecified atom stereocenters. The van der Waals surface area contributed by atoms with Crippen LogP contribution in [0.1, 0.15) is 124 Å². The van der Waals surface area contributed by atoms with Crippen molar-refractivity contribution in [2.75, 3.05) is 59.5 Å². The van der Waals surface area contributed by atoms with Crippen LogP contribution in [0.4, 0.5) is 0 Å². The van der Waals surface area contributed by atoms with Crippen LogP contribution in [0.2, 0.25) is 0 Å². The van der Waals surface area contributed by atoms with Crippen molar-refractivity contribution in [3.8, 4) is 0 Å². The van der Waals surface area contributed by atoms with Gasteiger partial charge in [0, 0.05) is 80.2 Å². The number of carbonyl (C=O) groups excluding carboxylic acids is 1. The van der Waals surface area contributed by atoms with Gasteiger partial charge in [0.05, 0.1) is 56.4 Å². The SMILES string of the molecule is C=C(C)C(=O)OC12CC3(OCCCC4(CC)COC4)CC(OCCCC4(CC)COC4)(CC(OCCCC4(CC)COC4)(C3)C1)C2. The fraction of sp³-hybridized carbons (Fsp3) is 0.921. The third-order valence-corrected chi connectivity index (χ3v) is 13.0. The number of carbonyl (C=O) groups is 1. The maximum Gasteiger partial charge on any atom is 0.333 e. The molecule has 3 aliphatic heterocycles. The van der Waals surface area contributed by atoms with Crippen molar-refractivity contribution >= 4 is 5.97 Å². The molecule has 3 saturated heterocycles. The Morgan fingerprint density at radius 1 is 0.565 bits per heavy atom. The fourth-order valence-corrected chi connectivity index (χ4v) is 10.1. The lowest BCUT2D eigenvalue weighted by molar-refractivity contribution is -0.328. The first-order valence-electron chi connectivity index (χ1n) is 18.5. The summed E-state index contributed by atoms with van der Waals surface area (Å²) in [4.78, 5) is 13.2. The number of hydrogen-bond acceptors (Lipinski definition) is 8. The van der Waals surface area contributed by atoms with Crippen LogP contribution in [0.3, 0.4) is 0 Å². The fourth-order valence-electron chi connectivity index (χ4n) is 10.1. The Kier molecular flexibility index (Phi) is 10.1. The molecule has 46 heavy (non-hydrogen) atoms. The summed E-state index contributed by atoms with van der Waals surface area (Å²) in [5, 5.41) is 0. The Morgan fingerprint density at radius 2 is 0.870 bits per heavy atom. The molecule has 0 atom stereocenters. The van der Waals surface area contributed by atoms with E-state index >= 15 is 0 Å². The topological polar surface area (TPSA) is 81.7 Å². The van der Waals surface area contributed by atoms with E-state index in [1.54, 1.807) is 6.92 Å². The normalized spacial score (nSPS) is 36.0. The molecule has 0 spiro atoms. The van der Waals surface area contributed by atoms with Gasteiger partial charge >= 0.3 is 5.97 Å². The predicted octanol–water partition coefficient (Wildman–Crippen LogP) is 7.11. The van der Waals surface area contributed by atoms with E-state index in [4.69, 9.17) is 33.2 Å². The summed E-state index contributed by atoms with van der Waals surface area (Å²) in [7, 11) is 0. The maximum atomic E-state index is 13.2. The number of ether oxygens (including phenoxy) is 7. The van der Waals surface area contributed by atoms with Crippen LogP contribution in [0.25, 0.3) is 0 Å². The minimum Gasteiger partial charge on any atom is -0.455 e. The summed E-state index contributed by atoms with van der Waals surface area (Å²) in [6.07, 6.45) is 14.4.